The third-order valence-corrected chi connectivity index (χ3v) is 5.58. The van der Waals surface area contributed by atoms with Gasteiger partial charge in [-0.05, 0) is 47.9 Å². The molecule has 0 unspecified atom stereocenters. The number of ether oxygens (including phenoxy) is 1. The molecule has 1 heterocycles. The first kappa shape index (κ1) is 19.8. The monoisotopic (exact) mass is 402 g/mol. The van der Waals surface area contributed by atoms with Gasteiger partial charge >= 0.3 is 0 Å². The van der Waals surface area contributed by atoms with Gasteiger partial charge in [0.1, 0.15) is 11.9 Å². The summed E-state index contributed by atoms with van der Waals surface area (Å²) < 4.78 is 5.95. The summed E-state index contributed by atoms with van der Waals surface area (Å²) >= 11 is 0. The number of benzene rings is 3. The van der Waals surface area contributed by atoms with Crippen LogP contribution in [0, 0.1) is 12.3 Å². The lowest BCUT2D eigenvalue weighted by molar-refractivity contribution is 0.0661. The predicted octanol–water partition coefficient (Wildman–Crippen LogP) is 3.60. The molecule has 1 aliphatic rings. The molecule has 1 saturated heterocycles. The van der Waals surface area contributed by atoms with E-state index in [0.29, 0.717) is 24.4 Å². The van der Waals surface area contributed by atoms with Gasteiger partial charge in [-0.15, -0.1) is 0 Å². The summed E-state index contributed by atoms with van der Waals surface area (Å²) in [5.41, 5.74) is 8.05. The number of likely N-dealkylation sites (tertiary alicyclic amines) is 1. The van der Waals surface area contributed by atoms with Crippen LogP contribution in [0.1, 0.15) is 34.5 Å². The van der Waals surface area contributed by atoms with Crippen LogP contribution in [0.5, 0.6) is 5.75 Å². The number of nitrogens with two attached hydrogens (primary N) is 1. The smallest absolute Gasteiger partial charge is 0.252 e. The van der Waals surface area contributed by atoms with Crippen molar-refractivity contribution in [3.05, 3.63) is 77.4 Å². The van der Waals surface area contributed by atoms with Gasteiger partial charge in [0.25, 0.3) is 5.91 Å². The van der Waals surface area contributed by atoms with E-state index in [1.54, 1.807) is 11.0 Å². The van der Waals surface area contributed by atoms with Gasteiger partial charge < -0.3 is 20.7 Å². The van der Waals surface area contributed by atoms with Gasteiger partial charge in [-0.1, -0.05) is 48.5 Å². The first-order chi connectivity index (χ1) is 14.4. The molecule has 0 aromatic heterocycles. The molecule has 1 amide bonds. The molecule has 6 heteroatoms. The quantitative estimate of drug-likeness (QED) is 0.449. The average molecular weight is 402 g/mol. The molecule has 30 heavy (non-hydrogen) atoms. The lowest BCUT2D eigenvalue weighted by Crippen LogP contribution is -2.58. The Labute approximate surface area is 176 Å². The number of carbonyl (C=O) groups excluding carboxylic acids is 1. The van der Waals surface area contributed by atoms with E-state index in [0.717, 1.165) is 21.9 Å². The molecule has 4 N–H and O–H groups in total. The van der Waals surface area contributed by atoms with Crippen molar-refractivity contribution in [3.8, 4) is 5.75 Å². The summed E-state index contributed by atoms with van der Waals surface area (Å²) in [6.45, 7) is 5.09. The van der Waals surface area contributed by atoms with Crippen LogP contribution in [0.15, 0.2) is 60.7 Å². The van der Waals surface area contributed by atoms with Gasteiger partial charge in [0, 0.05) is 5.56 Å². The summed E-state index contributed by atoms with van der Waals surface area (Å²) in [5.74, 6) is 0.579. The molecular weight excluding hydrogens is 376 g/mol. The van der Waals surface area contributed by atoms with E-state index in [1.165, 1.54) is 0 Å². The van der Waals surface area contributed by atoms with E-state index in [-0.39, 0.29) is 24.0 Å². The zero-order chi connectivity index (χ0) is 21.3. The molecule has 0 saturated carbocycles. The molecule has 3 aromatic rings. The first-order valence-electron chi connectivity index (χ1n) is 10.1. The highest BCUT2D eigenvalue weighted by Gasteiger charge is 2.29. The molecule has 1 atom stereocenters. The Morgan fingerprint density at radius 3 is 2.67 bits per heavy atom. The maximum Gasteiger partial charge on any atom is 0.252 e. The number of aryl methyl sites for hydroxylation is 1. The van der Waals surface area contributed by atoms with Crippen molar-refractivity contribution in [3.63, 3.8) is 0 Å². The minimum atomic E-state index is -0.136. The topological polar surface area (TPSA) is 91.4 Å². The van der Waals surface area contributed by atoms with E-state index in [9.17, 15) is 4.79 Å². The number of hydrogen-bond acceptors (Lipinski definition) is 3. The van der Waals surface area contributed by atoms with Gasteiger partial charge in [-0.2, -0.15) is 0 Å². The summed E-state index contributed by atoms with van der Waals surface area (Å²) in [7, 11) is 0. The molecule has 0 bridgehead atoms. The Kier molecular flexibility index (Phi) is 5.31. The van der Waals surface area contributed by atoms with Crippen LogP contribution in [-0.2, 0) is 0 Å². The summed E-state index contributed by atoms with van der Waals surface area (Å²) in [6.07, 6.45) is -0.0258. The molecule has 1 aliphatic heterocycles. The second-order valence-electron chi connectivity index (χ2n) is 7.77. The minimum Gasteiger partial charge on any atom is -0.487 e. The highest BCUT2D eigenvalue weighted by atomic mass is 16.5. The third kappa shape index (κ3) is 3.94. The Morgan fingerprint density at radius 2 is 1.90 bits per heavy atom. The van der Waals surface area contributed by atoms with Crippen molar-refractivity contribution < 1.29 is 9.53 Å². The summed E-state index contributed by atoms with van der Waals surface area (Å²) in [5, 5.41) is 12.8. The summed E-state index contributed by atoms with van der Waals surface area (Å²) in [4.78, 5) is 14.8. The minimum absolute atomic E-state index is 0.0258. The fourth-order valence-electron chi connectivity index (χ4n) is 3.80. The standard InChI is InChI=1S/C24H26N4O2/c1-15-10-11-18(30-19-13-28(14-19)24(25)26)12-22(15)23(29)27-16(2)20-9-5-7-17-6-3-4-8-21(17)20/h3-12,16,19H,13-14H2,1-2H3,(H3,25,26)(H,27,29)/t16-/m1/s1. The van der Waals surface area contributed by atoms with E-state index < -0.39 is 0 Å². The number of nitrogens with one attached hydrogen (secondary N) is 2. The van der Waals surface area contributed by atoms with Gasteiger partial charge in [0.15, 0.2) is 5.96 Å². The number of hydrogen-bond donors (Lipinski definition) is 3. The van der Waals surface area contributed by atoms with Gasteiger partial charge in [-0.25, -0.2) is 0 Å². The Bertz CT molecular complexity index is 1100. The van der Waals surface area contributed by atoms with E-state index >= 15 is 0 Å². The van der Waals surface area contributed by atoms with Crippen LogP contribution >= 0.6 is 0 Å². The van der Waals surface area contributed by atoms with Gasteiger partial charge in [-0.3, -0.25) is 10.2 Å². The largest absolute Gasteiger partial charge is 0.487 e. The lowest BCUT2D eigenvalue weighted by atomic mass is 9.99. The maximum absolute atomic E-state index is 13.0. The molecule has 1 fully saturated rings. The Hall–Kier alpha value is -3.54. The van der Waals surface area contributed by atoms with E-state index in [4.69, 9.17) is 15.9 Å². The van der Waals surface area contributed by atoms with Crippen molar-refractivity contribution in [2.75, 3.05) is 13.1 Å². The molecule has 4 rings (SSSR count). The number of amides is 1. The van der Waals surface area contributed by atoms with Crippen molar-refractivity contribution >= 4 is 22.6 Å². The molecule has 0 aliphatic carbocycles. The van der Waals surface area contributed by atoms with Crippen LogP contribution in [0.4, 0.5) is 0 Å². The fourth-order valence-corrected chi connectivity index (χ4v) is 3.80. The predicted molar refractivity (Wildman–Crippen MR) is 119 cm³/mol. The Morgan fingerprint density at radius 1 is 1.17 bits per heavy atom. The summed E-state index contributed by atoms with van der Waals surface area (Å²) in [6, 6.07) is 19.7. The number of nitrogens with zero attached hydrogens (tertiary/aromatic N) is 1. The van der Waals surface area contributed by atoms with Gasteiger partial charge in [0.2, 0.25) is 0 Å². The zero-order valence-corrected chi connectivity index (χ0v) is 17.2. The maximum atomic E-state index is 13.0. The third-order valence-electron chi connectivity index (χ3n) is 5.58. The molecule has 0 spiro atoms. The van der Waals surface area contributed by atoms with Crippen LogP contribution in [0.2, 0.25) is 0 Å². The molecule has 3 aromatic carbocycles. The van der Waals surface area contributed by atoms with Crippen LogP contribution in [0.25, 0.3) is 10.8 Å². The van der Waals surface area contributed by atoms with Crippen LogP contribution < -0.4 is 15.8 Å². The zero-order valence-electron chi connectivity index (χ0n) is 17.2. The number of guanidine groups is 1. The SMILES string of the molecule is Cc1ccc(OC2CN(C(=N)N)C2)cc1C(=O)N[C@H](C)c1cccc2ccccc12. The number of rotatable bonds is 5. The average Bonchev–Trinajstić information content (AvgIpc) is 2.70. The number of fused-ring (bicyclic) bond motifs is 1. The first-order valence-corrected chi connectivity index (χ1v) is 10.1. The van der Waals surface area contributed by atoms with E-state index in [2.05, 4.69) is 29.6 Å². The molecule has 6 nitrogen and oxygen atoms in total. The Balaban J connectivity index is 1.48. The molecule has 154 valence electrons. The fraction of sp³-hybridized carbons (Fsp3) is 0.250. The van der Waals surface area contributed by atoms with E-state index in [1.807, 2.05) is 44.2 Å². The molecule has 0 radical (unpaired) electrons. The number of carbonyl (C=O) groups is 1. The molecular formula is C24H26N4O2. The van der Waals surface area contributed by atoms with Gasteiger partial charge in [0.05, 0.1) is 19.1 Å². The van der Waals surface area contributed by atoms with Crippen LogP contribution in [-0.4, -0.2) is 36.0 Å². The highest BCUT2D eigenvalue weighted by molar-refractivity contribution is 5.96. The van der Waals surface area contributed by atoms with Crippen molar-refractivity contribution in [1.82, 2.24) is 10.2 Å². The highest BCUT2D eigenvalue weighted by Crippen LogP contribution is 2.26. The van der Waals surface area contributed by atoms with Crippen molar-refractivity contribution in [2.24, 2.45) is 5.73 Å². The van der Waals surface area contributed by atoms with Crippen LogP contribution in [0.3, 0.4) is 0 Å². The normalized spacial score (nSPS) is 14.8. The second kappa shape index (κ2) is 8.06. The second-order valence-corrected chi connectivity index (χ2v) is 7.77. The van der Waals surface area contributed by atoms with Crippen molar-refractivity contribution in [1.29, 1.82) is 5.41 Å². The lowest BCUT2D eigenvalue weighted by Gasteiger charge is -2.39. The van der Waals surface area contributed by atoms with Crippen molar-refractivity contribution in [2.45, 2.75) is 26.0 Å².